The summed E-state index contributed by atoms with van der Waals surface area (Å²) in [7, 11) is 0. The third-order valence-electron chi connectivity index (χ3n) is 6.35. The smallest absolute Gasteiger partial charge is 0.258 e. The average molecular weight is 469 g/mol. The topological polar surface area (TPSA) is 92.1 Å². The number of para-hydroxylation sites is 1. The summed E-state index contributed by atoms with van der Waals surface area (Å²) in [5.74, 6) is 0.414. The third kappa shape index (κ3) is 5.84. The largest absolute Gasteiger partial charge is 0.330 e. The van der Waals surface area contributed by atoms with Gasteiger partial charge in [-0.1, -0.05) is 67.4 Å². The summed E-state index contributed by atoms with van der Waals surface area (Å²) >= 11 is 0. The molecule has 0 bridgehead atoms. The maximum absolute atomic E-state index is 13.7. The summed E-state index contributed by atoms with van der Waals surface area (Å²) in [5, 5.41) is 0.541. The van der Waals surface area contributed by atoms with Crippen LogP contribution in [0.15, 0.2) is 83.7 Å². The molecular weight excluding hydrogens is 436 g/mol. The molecule has 0 aliphatic heterocycles. The van der Waals surface area contributed by atoms with Gasteiger partial charge < -0.3 is 15.6 Å². The number of aromatic amines is 1. The van der Waals surface area contributed by atoms with E-state index in [9.17, 15) is 9.59 Å². The van der Waals surface area contributed by atoms with E-state index in [2.05, 4.69) is 9.97 Å². The van der Waals surface area contributed by atoms with Gasteiger partial charge in [-0.25, -0.2) is 4.98 Å². The maximum atomic E-state index is 13.7. The summed E-state index contributed by atoms with van der Waals surface area (Å²) in [5.41, 5.74) is 8.84. The SMILES string of the molecule is CC(c1nc2ccccc2c(=O)[nH]1)N(CCCCCCN)C(=O)c1ccc(-c2ccccc2)cc1. The molecule has 3 aromatic carbocycles. The highest BCUT2D eigenvalue weighted by Gasteiger charge is 2.24. The molecule has 6 heteroatoms. The molecule has 180 valence electrons. The van der Waals surface area contributed by atoms with Crippen LogP contribution in [0.2, 0.25) is 0 Å². The Balaban J connectivity index is 1.60. The van der Waals surface area contributed by atoms with E-state index >= 15 is 0 Å². The Kier molecular flexibility index (Phi) is 8.06. The van der Waals surface area contributed by atoms with E-state index in [0.717, 1.165) is 36.8 Å². The summed E-state index contributed by atoms with van der Waals surface area (Å²) in [6.07, 6.45) is 3.85. The molecule has 0 aliphatic carbocycles. The van der Waals surface area contributed by atoms with Gasteiger partial charge in [0, 0.05) is 12.1 Å². The third-order valence-corrected chi connectivity index (χ3v) is 6.35. The van der Waals surface area contributed by atoms with Crippen molar-refractivity contribution >= 4 is 16.8 Å². The van der Waals surface area contributed by atoms with E-state index in [1.807, 2.05) is 84.6 Å². The van der Waals surface area contributed by atoms with Crippen LogP contribution in [-0.2, 0) is 0 Å². The van der Waals surface area contributed by atoms with Crippen molar-refractivity contribution in [3.63, 3.8) is 0 Å². The molecule has 1 unspecified atom stereocenters. The van der Waals surface area contributed by atoms with E-state index in [0.29, 0.717) is 35.4 Å². The summed E-state index contributed by atoms with van der Waals surface area (Å²) < 4.78 is 0. The Morgan fingerprint density at radius 1 is 0.886 bits per heavy atom. The number of hydrogen-bond donors (Lipinski definition) is 2. The highest BCUT2D eigenvalue weighted by molar-refractivity contribution is 5.95. The fourth-order valence-corrected chi connectivity index (χ4v) is 4.30. The van der Waals surface area contributed by atoms with Crippen LogP contribution < -0.4 is 11.3 Å². The van der Waals surface area contributed by atoms with Gasteiger partial charge in [0.15, 0.2) is 0 Å². The lowest BCUT2D eigenvalue weighted by Gasteiger charge is -2.29. The van der Waals surface area contributed by atoms with E-state index in [1.165, 1.54) is 0 Å². The number of nitrogens with two attached hydrogens (primary N) is 1. The van der Waals surface area contributed by atoms with Crippen LogP contribution in [0.4, 0.5) is 0 Å². The first kappa shape index (κ1) is 24.4. The molecule has 1 heterocycles. The van der Waals surface area contributed by atoms with Crippen LogP contribution in [0.3, 0.4) is 0 Å². The van der Waals surface area contributed by atoms with Crippen molar-refractivity contribution in [2.45, 2.75) is 38.6 Å². The molecule has 1 aromatic heterocycles. The lowest BCUT2D eigenvalue weighted by molar-refractivity contribution is 0.0679. The maximum Gasteiger partial charge on any atom is 0.258 e. The van der Waals surface area contributed by atoms with Crippen molar-refractivity contribution in [2.24, 2.45) is 5.73 Å². The molecule has 4 rings (SSSR count). The van der Waals surface area contributed by atoms with Gasteiger partial charge in [0.2, 0.25) is 0 Å². The quantitative estimate of drug-likeness (QED) is 0.308. The Labute approximate surface area is 205 Å². The number of hydrogen-bond acceptors (Lipinski definition) is 4. The molecule has 0 saturated carbocycles. The first-order chi connectivity index (χ1) is 17.1. The zero-order valence-corrected chi connectivity index (χ0v) is 20.1. The molecule has 4 aromatic rings. The predicted octanol–water partition coefficient (Wildman–Crippen LogP) is 5.31. The van der Waals surface area contributed by atoms with Crippen LogP contribution >= 0.6 is 0 Å². The van der Waals surface area contributed by atoms with Crippen LogP contribution in [-0.4, -0.2) is 33.9 Å². The highest BCUT2D eigenvalue weighted by Crippen LogP contribution is 2.24. The number of rotatable bonds is 10. The van der Waals surface area contributed by atoms with Crippen molar-refractivity contribution in [1.29, 1.82) is 0 Å². The first-order valence-corrected chi connectivity index (χ1v) is 12.2. The van der Waals surface area contributed by atoms with Crippen molar-refractivity contribution in [3.8, 4) is 11.1 Å². The number of nitrogens with one attached hydrogen (secondary N) is 1. The van der Waals surface area contributed by atoms with E-state index < -0.39 is 0 Å². The number of H-pyrrole nitrogens is 1. The molecule has 35 heavy (non-hydrogen) atoms. The normalized spacial score (nSPS) is 11.9. The minimum absolute atomic E-state index is 0.0771. The van der Waals surface area contributed by atoms with E-state index in [1.54, 1.807) is 6.07 Å². The molecule has 3 N–H and O–H groups in total. The fraction of sp³-hybridized carbons (Fsp3) is 0.276. The lowest BCUT2D eigenvalue weighted by Crippen LogP contribution is -2.36. The van der Waals surface area contributed by atoms with Crippen LogP contribution in [0, 0.1) is 0 Å². The molecule has 1 atom stereocenters. The second kappa shape index (κ2) is 11.6. The second-order valence-corrected chi connectivity index (χ2v) is 8.79. The van der Waals surface area contributed by atoms with E-state index in [4.69, 9.17) is 5.73 Å². The van der Waals surface area contributed by atoms with E-state index in [-0.39, 0.29) is 17.5 Å². The Morgan fingerprint density at radius 2 is 1.54 bits per heavy atom. The number of carbonyl (C=O) groups excluding carboxylic acids is 1. The Hall–Kier alpha value is -3.77. The lowest BCUT2D eigenvalue weighted by atomic mass is 10.0. The number of unbranched alkanes of at least 4 members (excludes halogenated alkanes) is 3. The van der Waals surface area contributed by atoms with Gasteiger partial charge in [-0.3, -0.25) is 9.59 Å². The molecule has 1 amide bonds. The van der Waals surface area contributed by atoms with Crippen molar-refractivity contribution in [2.75, 3.05) is 13.1 Å². The first-order valence-electron chi connectivity index (χ1n) is 12.2. The number of benzene rings is 3. The summed E-state index contributed by atoms with van der Waals surface area (Å²) in [6.45, 7) is 3.17. The van der Waals surface area contributed by atoms with Gasteiger partial charge in [-0.2, -0.15) is 0 Å². The van der Waals surface area contributed by atoms with Gasteiger partial charge in [-0.05, 0) is 61.7 Å². The standard InChI is InChI=1S/C29H32N4O2/c1-21(27-31-26-14-8-7-13-25(26)28(34)32-27)33(20-10-3-2-9-19-30)29(35)24-17-15-23(16-18-24)22-11-5-4-6-12-22/h4-8,11-18,21H,2-3,9-10,19-20,30H2,1H3,(H,31,32,34). The van der Waals surface area contributed by atoms with Crippen LogP contribution in [0.25, 0.3) is 22.0 Å². The van der Waals surface area contributed by atoms with Gasteiger partial charge >= 0.3 is 0 Å². The molecule has 0 spiro atoms. The molecule has 0 aliphatic rings. The van der Waals surface area contributed by atoms with Gasteiger partial charge in [0.05, 0.1) is 16.9 Å². The predicted molar refractivity (Wildman–Crippen MR) is 141 cm³/mol. The average Bonchev–Trinajstić information content (AvgIpc) is 2.90. The molecule has 0 fully saturated rings. The van der Waals surface area contributed by atoms with Crippen molar-refractivity contribution in [3.05, 3.63) is 101 Å². The minimum atomic E-state index is -0.386. The zero-order chi connectivity index (χ0) is 24.6. The number of amides is 1. The summed E-state index contributed by atoms with van der Waals surface area (Å²) in [4.78, 5) is 35.7. The zero-order valence-electron chi connectivity index (χ0n) is 20.1. The fourth-order valence-electron chi connectivity index (χ4n) is 4.30. The number of fused-ring (bicyclic) bond motifs is 1. The second-order valence-electron chi connectivity index (χ2n) is 8.79. The van der Waals surface area contributed by atoms with Crippen LogP contribution in [0.5, 0.6) is 0 Å². The number of aromatic nitrogens is 2. The van der Waals surface area contributed by atoms with Crippen molar-refractivity contribution < 1.29 is 4.79 Å². The van der Waals surface area contributed by atoms with Crippen LogP contribution in [0.1, 0.15) is 54.8 Å². The number of nitrogens with zero attached hydrogens (tertiary/aromatic N) is 2. The van der Waals surface area contributed by atoms with Gasteiger partial charge in [0.1, 0.15) is 5.82 Å². The number of carbonyl (C=O) groups is 1. The monoisotopic (exact) mass is 468 g/mol. The molecule has 0 saturated heterocycles. The molecular formula is C29H32N4O2. The summed E-state index contributed by atoms with van der Waals surface area (Å²) in [6, 6.07) is 24.6. The Bertz CT molecular complexity index is 1320. The molecule has 0 radical (unpaired) electrons. The van der Waals surface area contributed by atoms with Crippen molar-refractivity contribution in [1.82, 2.24) is 14.9 Å². The Morgan fingerprint density at radius 3 is 2.29 bits per heavy atom. The van der Waals surface area contributed by atoms with Gasteiger partial charge in [0.25, 0.3) is 11.5 Å². The minimum Gasteiger partial charge on any atom is -0.330 e. The highest BCUT2D eigenvalue weighted by atomic mass is 16.2. The molecule has 6 nitrogen and oxygen atoms in total. The van der Waals surface area contributed by atoms with Gasteiger partial charge in [-0.15, -0.1) is 0 Å².